The third-order valence-corrected chi connectivity index (χ3v) is 6.34. The zero-order valence-electron chi connectivity index (χ0n) is 17.8. The lowest BCUT2D eigenvalue weighted by Gasteiger charge is -2.36. The van der Waals surface area contributed by atoms with E-state index in [1.54, 1.807) is 18.5 Å². The molecular formula is C24H26N6O. The fraction of sp³-hybridized carbons (Fsp3) is 0.333. The first-order chi connectivity index (χ1) is 15.1. The second kappa shape index (κ2) is 7.98. The molecule has 1 N–H and O–H groups in total. The van der Waals surface area contributed by atoms with Crippen LogP contribution in [0.3, 0.4) is 0 Å². The van der Waals surface area contributed by atoms with Gasteiger partial charge in [0.25, 0.3) is 5.56 Å². The lowest BCUT2D eigenvalue weighted by molar-refractivity contribution is 0.184. The van der Waals surface area contributed by atoms with Crippen molar-refractivity contribution in [2.24, 2.45) is 11.8 Å². The average molecular weight is 415 g/mol. The molecular weight excluding hydrogens is 388 g/mol. The van der Waals surface area contributed by atoms with Crippen LogP contribution in [0.1, 0.15) is 39.2 Å². The maximum Gasteiger partial charge on any atom is 0.252 e. The van der Waals surface area contributed by atoms with Gasteiger partial charge in [0, 0.05) is 41.8 Å². The molecule has 0 aliphatic heterocycles. The SMILES string of the molecule is CC1CCCC(C)C1n1c(=O)ccc2cnc(Nc3ccc(-n4cccn4)cc3)nc21. The molecule has 1 aromatic carbocycles. The van der Waals surface area contributed by atoms with Crippen LogP contribution in [0.15, 0.2) is 65.8 Å². The highest BCUT2D eigenvalue weighted by Gasteiger charge is 2.31. The number of nitrogens with one attached hydrogen (secondary N) is 1. The third kappa shape index (κ3) is 3.71. The van der Waals surface area contributed by atoms with Gasteiger partial charge in [-0.1, -0.05) is 20.3 Å². The standard InChI is InChI=1S/C24H26N6O/c1-16-5-3-6-17(2)22(16)30-21(31)12-7-18-15-25-24(28-23(18)30)27-19-8-10-20(11-9-19)29-14-4-13-26-29/h4,7-17,22H,3,5-6H2,1-2H3,(H,25,27,28). The predicted molar refractivity (Wildman–Crippen MR) is 122 cm³/mol. The average Bonchev–Trinajstić information content (AvgIpc) is 3.30. The van der Waals surface area contributed by atoms with Gasteiger partial charge in [-0.15, -0.1) is 0 Å². The molecule has 7 heteroatoms. The molecule has 3 heterocycles. The van der Waals surface area contributed by atoms with E-state index in [0.717, 1.165) is 29.6 Å². The summed E-state index contributed by atoms with van der Waals surface area (Å²) in [5.41, 5.74) is 2.55. The molecule has 0 radical (unpaired) electrons. The molecule has 1 aliphatic rings. The number of hydrogen-bond donors (Lipinski definition) is 1. The van der Waals surface area contributed by atoms with E-state index in [0.29, 0.717) is 23.4 Å². The van der Waals surface area contributed by atoms with Gasteiger partial charge < -0.3 is 5.32 Å². The van der Waals surface area contributed by atoms with Crippen LogP contribution in [0.5, 0.6) is 0 Å². The summed E-state index contributed by atoms with van der Waals surface area (Å²) in [4.78, 5) is 22.2. The minimum Gasteiger partial charge on any atom is -0.324 e. The number of nitrogens with zero attached hydrogens (tertiary/aromatic N) is 5. The van der Waals surface area contributed by atoms with Crippen molar-refractivity contribution in [1.82, 2.24) is 24.3 Å². The molecule has 7 nitrogen and oxygen atoms in total. The molecule has 158 valence electrons. The van der Waals surface area contributed by atoms with Crippen molar-refractivity contribution in [2.75, 3.05) is 5.32 Å². The summed E-state index contributed by atoms with van der Waals surface area (Å²) in [6.45, 7) is 4.49. The van der Waals surface area contributed by atoms with Crippen LogP contribution in [0.25, 0.3) is 16.7 Å². The molecule has 1 aliphatic carbocycles. The van der Waals surface area contributed by atoms with Crippen LogP contribution in [0.2, 0.25) is 0 Å². The number of hydrogen-bond acceptors (Lipinski definition) is 5. The Balaban J connectivity index is 1.50. The van der Waals surface area contributed by atoms with Crippen molar-refractivity contribution in [3.63, 3.8) is 0 Å². The zero-order chi connectivity index (χ0) is 21.4. The van der Waals surface area contributed by atoms with Gasteiger partial charge in [-0.2, -0.15) is 10.1 Å². The van der Waals surface area contributed by atoms with Crippen LogP contribution in [0, 0.1) is 11.8 Å². The Kier molecular flexibility index (Phi) is 5.02. The van der Waals surface area contributed by atoms with Crippen LogP contribution < -0.4 is 10.9 Å². The zero-order valence-corrected chi connectivity index (χ0v) is 17.8. The fourth-order valence-corrected chi connectivity index (χ4v) is 4.81. The van der Waals surface area contributed by atoms with E-state index < -0.39 is 0 Å². The second-order valence-electron chi connectivity index (χ2n) is 8.51. The van der Waals surface area contributed by atoms with Crippen molar-refractivity contribution in [3.8, 4) is 5.69 Å². The monoisotopic (exact) mass is 414 g/mol. The molecule has 31 heavy (non-hydrogen) atoms. The number of aromatic nitrogens is 5. The molecule has 5 rings (SSSR count). The van der Waals surface area contributed by atoms with Crippen molar-refractivity contribution >= 4 is 22.7 Å². The number of anilines is 2. The maximum absolute atomic E-state index is 12.9. The summed E-state index contributed by atoms with van der Waals surface area (Å²) in [6, 6.07) is 13.4. The van der Waals surface area contributed by atoms with E-state index in [1.165, 1.54) is 6.42 Å². The number of rotatable bonds is 4. The number of benzene rings is 1. The number of fused-ring (bicyclic) bond motifs is 1. The normalized spacial score (nSPS) is 21.3. The van der Waals surface area contributed by atoms with Gasteiger partial charge >= 0.3 is 0 Å². The third-order valence-electron chi connectivity index (χ3n) is 6.34. The molecule has 2 atom stereocenters. The minimum absolute atomic E-state index is 0.00586. The van der Waals surface area contributed by atoms with E-state index in [4.69, 9.17) is 4.98 Å². The number of pyridine rings is 1. The predicted octanol–water partition coefficient (Wildman–Crippen LogP) is 4.72. The first-order valence-corrected chi connectivity index (χ1v) is 10.9. The minimum atomic E-state index is 0.00586. The maximum atomic E-state index is 12.9. The Morgan fingerprint density at radius 3 is 2.52 bits per heavy atom. The summed E-state index contributed by atoms with van der Waals surface area (Å²) in [7, 11) is 0. The summed E-state index contributed by atoms with van der Waals surface area (Å²) >= 11 is 0. The van der Waals surface area contributed by atoms with Crippen molar-refractivity contribution in [1.29, 1.82) is 0 Å². The highest BCUT2D eigenvalue weighted by Crippen LogP contribution is 2.38. The van der Waals surface area contributed by atoms with Gasteiger partial charge in [0.2, 0.25) is 5.95 Å². The second-order valence-corrected chi connectivity index (χ2v) is 8.51. The van der Waals surface area contributed by atoms with Crippen molar-refractivity contribution in [2.45, 2.75) is 39.2 Å². The molecule has 4 aromatic rings. The Morgan fingerprint density at radius 1 is 1.03 bits per heavy atom. The van der Waals surface area contributed by atoms with Crippen LogP contribution in [0.4, 0.5) is 11.6 Å². The lowest BCUT2D eigenvalue weighted by atomic mass is 9.78. The topological polar surface area (TPSA) is 77.6 Å². The summed E-state index contributed by atoms with van der Waals surface area (Å²) in [5.74, 6) is 1.36. The van der Waals surface area contributed by atoms with E-state index in [-0.39, 0.29) is 11.6 Å². The summed E-state index contributed by atoms with van der Waals surface area (Å²) in [5, 5.41) is 8.40. The van der Waals surface area contributed by atoms with Crippen LogP contribution >= 0.6 is 0 Å². The molecule has 0 saturated heterocycles. The first kappa shape index (κ1) is 19.5. The molecule has 1 saturated carbocycles. The molecule has 1 fully saturated rings. The molecule has 2 unspecified atom stereocenters. The molecule has 3 aromatic heterocycles. The van der Waals surface area contributed by atoms with E-state index in [2.05, 4.69) is 29.2 Å². The van der Waals surface area contributed by atoms with Crippen molar-refractivity contribution < 1.29 is 0 Å². The van der Waals surface area contributed by atoms with Gasteiger partial charge in [-0.05, 0) is 61.1 Å². The van der Waals surface area contributed by atoms with Crippen LogP contribution in [-0.4, -0.2) is 24.3 Å². The Morgan fingerprint density at radius 2 is 1.81 bits per heavy atom. The van der Waals surface area contributed by atoms with Gasteiger partial charge in [-0.25, -0.2) is 9.67 Å². The van der Waals surface area contributed by atoms with E-state index in [1.807, 2.05) is 51.8 Å². The Bertz CT molecular complexity index is 1240. The highest BCUT2D eigenvalue weighted by molar-refractivity contribution is 5.76. The Labute approximate surface area is 180 Å². The van der Waals surface area contributed by atoms with E-state index >= 15 is 0 Å². The van der Waals surface area contributed by atoms with Gasteiger partial charge in [0.15, 0.2) is 0 Å². The summed E-state index contributed by atoms with van der Waals surface area (Å²) < 4.78 is 3.71. The smallest absolute Gasteiger partial charge is 0.252 e. The highest BCUT2D eigenvalue weighted by atomic mass is 16.1. The lowest BCUT2D eigenvalue weighted by Crippen LogP contribution is -2.35. The molecule has 0 spiro atoms. The quantitative estimate of drug-likeness (QED) is 0.523. The molecule has 0 bridgehead atoms. The van der Waals surface area contributed by atoms with Gasteiger partial charge in [-0.3, -0.25) is 9.36 Å². The van der Waals surface area contributed by atoms with Gasteiger partial charge in [0.1, 0.15) is 5.65 Å². The fourth-order valence-electron chi connectivity index (χ4n) is 4.81. The Hall–Kier alpha value is -3.48. The molecule has 0 amide bonds. The first-order valence-electron chi connectivity index (χ1n) is 10.9. The van der Waals surface area contributed by atoms with Crippen LogP contribution in [-0.2, 0) is 0 Å². The summed E-state index contributed by atoms with van der Waals surface area (Å²) in [6.07, 6.45) is 8.93. The van der Waals surface area contributed by atoms with E-state index in [9.17, 15) is 4.79 Å². The van der Waals surface area contributed by atoms with Crippen molar-refractivity contribution in [3.05, 3.63) is 71.4 Å². The van der Waals surface area contributed by atoms with Gasteiger partial charge in [0.05, 0.1) is 5.69 Å². The largest absolute Gasteiger partial charge is 0.324 e.